The summed E-state index contributed by atoms with van der Waals surface area (Å²) in [5.41, 5.74) is 0.839. The third-order valence-corrected chi connectivity index (χ3v) is 3.38. The number of halogens is 2. The van der Waals surface area contributed by atoms with Crippen LogP contribution in [0.2, 0.25) is 10.0 Å². The lowest BCUT2D eigenvalue weighted by Crippen LogP contribution is -2.28. The zero-order valence-electron chi connectivity index (χ0n) is 8.49. The first-order chi connectivity index (χ1) is 7.59. The Bertz CT molecular complexity index is 422. The second-order valence-corrected chi connectivity index (χ2v) is 4.64. The number of carbonyl (C=O) groups is 1. The first-order valence-electron chi connectivity index (χ1n) is 5.04. The topological polar surface area (TPSA) is 40.5 Å². The Balaban J connectivity index is 2.32. The van der Waals surface area contributed by atoms with Crippen LogP contribution in [0, 0.1) is 0 Å². The summed E-state index contributed by atoms with van der Waals surface area (Å²) in [5.74, 6) is 0. The predicted octanol–water partition coefficient (Wildman–Crippen LogP) is 3.81. The first kappa shape index (κ1) is 11.6. The third-order valence-electron chi connectivity index (χ3n) is 2.82. The Morgan fingerprint density at radius 3 is 2.81 bits per heavy atom. The van der Waals surface area contributed by atoms with E-state index in [-0.39, 0.29) is 6.04 Å². The largest absolute Gasteiger partial charge is 0.465 e. The molecule has 1 aromatic carbocycles. The molecule has 0 radical (unpaired) electrons. The number of nitrogens with zero attached hydrogens (tertiary/aromatic N) is 1. The van der Waals surface area contributed by atoms with Crippen molar-refractivity contribution in [2.45, 2.75) is 18.9 Å². The van der Waals surface area contributed by atoms with E-state index in [0.717, 1.165) is 18.4 Å². The van der Waals surface area contributed by atoms with E-state index in [2.05, 4.69) is 0 Å². The fourth-order valence-electron chi connectivity index (χ4n) is 2.09. The van der Waals surface area contributed by atoms with Crippen molar-refractivity contribution in [3.05, 3.63) is 33.8 Å². The molecule has 5 heteroatoms. The van der Waals surface area contributed by atoms with Gasteiger partial charge in [-0.05, 0) is 30.5 Å². The van der Waals surface area contributed by atoms with E-state index in [1.165, 1.54) is 4.90 Å². The molecule has 0 spiro atoms. The lowest BCUT2D eigenvalue weighted by Gasteiger charge is -2.22. The summed E-state index contributed by atoms with van der Waals surface area (Å²) < 4.78 is 0. The van der Waals surface area contributed by atoms with Gasteiger partial charge in [-0.25, -0.2) is 4.79 Å². The Kier molecular flexibility index (Phi) is 3.26. The highest BCUT2D eigenvalue weighted by atomic mass is 35.5. The van der Waals surface area contributed by atoms with Crippen molar-refractivity contribution in [3.8, 4) is 0 Å². The van der Waals surface area contributed by atoms with Crippen LogP contribution in [-0.2, 0) is 0 Å². The van der Waals surface area contributed by atoms with Gasteiger partial charge in [-0.3, -0.25) is 0 Å². The van der Waals surface area contributed by atoms with Crippen LogP contribution in [0.1, 0.15) is 24.4 Å². The maximum atomic E-state index is 11.0. The Labute approximate surface area is 104 Å². The van der Waals surface area contributed by atoms with Crippen molar-refractivity contribution < 1.29 is 9.90 Å². The molecule has 1 aliphatic heterocycles. The predicted molar refractivity (Wildman–Crippen MR) is 63.2 cm³/mol. The van der Waals surface area contributed by atoms with Crippen LogP contribution in [0.5, 0.6) is 0 Å². The maximum absolute atomic E-state index is 11.0. The first-order valence-corrected chi connectivity index (χ1v) is 5.79. The number of hydrogen-bond acceptors (Lipinski definition) is 1. The lowest BCUT2D eigenvalue weighted by molar-refractivity contribution is 0.140. The molecule has 1 N–H and O–H groups in total. The molecular weight excluding hydrogens is 249 g/mol. The molecule has 2 rings (SSSR count). The summed E-state index contributed by atoms with van der Waals surface area (Å²) >= 11 is 11.9. The average Bonchev–Trinajstić information content (AvgIpc) is 2.66. The highest BCUT2D eigenvalue weighted by Gasteiger charge is 2.30. The van der Waals surface area contributed by atoms with Crippen LogP contribution in [0.15, 0.2) is 18.2 Å². The molecule has 0 aliphatic carbocycles. The van der Waals surface area contributed by atoms with Crippen LogP contribution in [0.3, 0.4) is 0 Å². The zero-order valence-corrected chi connectivity index (χ0v) is 10.0. The molecule has 1 saturated heterocycles. The van der Waals surface area contributed by atoms with Crippen molar-refractivity contribution in [2.75, 3.05) is 6.54 Å². The number of rotatable bonds is 1. The van der Waals surface area contributed by atoms with Gasteiger partial charge in [0.15, 0.2) is 0 Å². The van der Waals surface area contributed by atoms with E-state index < -0.39 is 6.09 Å². The normalized spacial score (nSPS) is 20.1. The highest BCUT2D eigenvalue weighted by molar-refractivity contribution is 6.35. The van der Waals surface area contributed by atoms with E-state index >= 15 is 0 Å². The minimum Gasteiger partial charge on any atom is -0.465 e. The van der Waals surface area contributed by atoms with E-state index in [1.54, 1.807) is 18.2 Å². The molecule has 86 valence electrons. The molecule has 1 aliphatic rings. The Morgan fingerprint density at radius 2 is 2.19 bits per heavy atom. The number of hydrogen-bond donors (Lipinski definition) is 1. The molecule has 3 nitrogen and oxygen atoms in total. The monoisotopic (exact) mass is 259 g/mol. The van der Waals surface area contributed by atoms with E-state index in [0.29, 0.717) is 16.6 Å². The van der Waals surface area contributed by atoms with Crippen LogP contribution in [0.4, 0.5) is 4.79 Å². The fraction of sp³-hybridized carbons (Fsp3) is 0.364. The van der Waals surface area contributed by atoms with Gasteiger partial charge in [-0.1, -0.05) is 29.3 Å². The van der Waals surface area contributed by atoms with Gasteiger partial charge < -0.3 is 10.0 Å². The summed E-state index contributed by atoms with van der Waals surface area (Å²) in [5, 5.41) is 10.1. The lowest BCUT2D eigenvalue weighted by atomic mass is 10.0. The Hall–Kier alpha value is -0.930. The standard InChI is InChI=1S/C11H11Cl2NO2/c12-7-3-4-8(9(13)6-7)10-2-1-5-14(10)11(15)16/h3-4,6,10H,1-2,5H2,(H,15,16). The number of benzene rings is 1. The van der Waals surface area contributed by atoms with Crippen molar-refractivity contribution in [1.29, 1.82) is 0 Å². The van der Waals surface area contributed by atoms with Gasteiger partial charge in [0.1, 0.15) is 0 Å². The Morgan fingerprint density at radius 1 is 1.44 bits per heavy atom. The average molecular weight is 260 g/mol. The third kappa shape index (κ3) is 2.11. The molecule has 1 unspecified atom stereocenters. The van der Waals surface area contributed by atoms with Crippen molar-refractivity contribution in [2.24, 2.45) is 0 Å². The van der Waals surface area contributed by atoms with Gasteiger partial charge in [0.2, 0.25) is 0 Å². The summed E-state index contributed by atoms with van der Waals surface area (Å²) in [6.07, 6.45) is 0.789. The van der Waals surface area contributed by atoms with Crippen LogP contribution >= 0.6 is 23.2 Å². The van der Waals surface area contributed by atoms with Crippen LogP contribution in [-0.4, -0.2) is 22.6 Å². The molecular formula is C11H11Cl2NO2. The van der Waals surface area contributed by atoms with Crippen molar-refractivity contribution in [1.82, 2.24) is 4.90 Å². The van der Waals surface area contributed by atoms with Crippen molar-refractivity contribution >= 4 is 29.3 Å². The minimum atomic E-state index is -0.895. The number of amides is 1. The second-order valence-electron chi connectivity index (χ2n) is 3.80. The van der Waals surface area contributed by atoms with Gasteiger partial charge in [0.05, 0.1) is 6.04 Å². The number of carboxylic acid groups (broad SMARTS) is 1. The van der Waals surface area contributed by atoms with Gasteiger partial charge >= 0.3 is 6.09 Å². The van der Waals surface area contributed by atoms with Crippen LogP contribution in [0.25, 0.3) is 0 Å². The summed E-state index contributed by atoms with van der Waals surface area (Å²) in [6.45, 7) is 0.568. The zero-order chi connectivity index (χ0) is 11.7. The van der Waals surface area contributed by atoms with Gasteiger partial charge in [-0.15, -0.1) is 0 Å². The molecule has 16 heavy (non-hydrogen) atoms. The van der Waals surface area contributed by atoms with E-state index in [4.69, 9.17) is 28.3 Å². The van der Waals surface area contributed by atoms with E-state index in [1.807, 2.05) is 0 Å². The van der Waals surface area contributed by atoms with Crippen molar-refractivity contribution in [3.63, 3.8) is 0 Å². The fourth-order valence-corrected chi connectivity index (χ4v) is 2.63. The molecule has 1 aromatic rings. The molecule has 1 heterocycles. The van der Waals surface area contributed by atoms with E-state index in [9.17, 15) is 4.79 Å². The van der Waals surface area contributed by atoms with Gasteiger partial charge in [-0.2, -0.15) is 0 Å². The van der Waals surface area contributed by atoms with Gasteiger partial charge in [0, 0.05) is 16.6 Å². The maximum Gasteiger partial charge on any atom is 0.407 e. The molecule has 0 bridgehead atoms. The molecule has 1 fully saturated rings. The molecule has 0 saturated carbocycles. The SMILES string of the molecule is O=C(O)N1CCCC1c1ccc(Cl)cc1Cl. The summed E-state index contributed by atoms with van der Waals surface area (Å²) in [4.78, 5) is 12.4. The summed E-state index contributed by atoms with van der Waals surface area (Å²) in [7, 11) is 0. The smallest absolute Gasteiger partial charge is 0.407 e. The minimum absolute atomic E-state index is 0.137. The summed E-state index contributed by atoms with van der Waals surface area (Å²) in [6, 6.07) is 5.05. The second kappa shape index (κ2) is 4.52. The molecule has 1 atom stereocenters. The quantitative estimate of drug-likeness (QED) is 0.834. The molecule has 1 amide bonds. The van der Waals surface area contributed by atoms with Gasteiger partial charge in [0.25, 0.3) is 0 Å². The molecule has 0 aromatic heterocycles. The highest BCUT2D eigenvalue weighted by Crippen LogP contribution is 2.36. The van der Waals surface area contributed by atoms with Crippen LogP contribution < -0.4 is 0 Å². The number of likely N-dealkylation sites (tertiary alicyclic amines) is 1.